The molecule has 2 aromatic rings. The molecule has 2 rings (SSSR count). The number of carbonyl (C=O) groups excluding carboxylic acids is 1. The Bertz CT molecular complexity index is 724. The van der Waals surface area contributed by atoms with E-state index in [9.17, 15) is 9.59 Å². The molecule has 2 N–H and O–H groups in total. The smallest absolute Gasteiger partial charge is 0.343 e. The van der Waals surface area contributed by atoms with Gasteiger partial charge in [-0.05, 0) is 31.2 Å². The maximum atomic E-state index is 12.2. The molecule has 0 bridgehead atoms. The van der Waals surface area contributed by atoms with Gasteiger partial charge in [-0.2, -0.15) is 0 Å². The molecule has 1 unspecified atom stereocenters. The number of rotatable bonds is 9. The van der Waals surface area contributed by atoms with Crippen LogP contribution in [0, 0.1) is 5.92 Å². The van der Waals surface area contributed by atoms with Gasteiger partial charge in [0.1, 0.15) is 0 Å². The Morgan fingerprint density at radius 3 is 2.68 bits per heavy atom. The van der Waals surface area contributed by atoms with Gasteiger partial charge in [0.25, 0.3) is 0 Å². The van der Waals surface area contributed by atoms with Crippen molar-refractivity contribution in [2.45, 2.75) is 50.6 Å². The minimum Gasteiger partial charge on any atom is -0.355 e. The van der Waals surface area contributed by atoms with Crippen LogP contribution in [0.25, 0.3) is 0 Å². The van der Waals surface area contributed by atoms with Gasteiger partial charge in [-0.25, -0.2) is 9.89 Å². The van der Waals surface area contributed by atoms with E-state index in [1.54, 1.807) is 4.57 Å². The third-order valence-electron chi connectivity index (χ3n) is 3.86. The van der Waals surface area contributed by atoms with Crippen molar-refractivity contribution in [3.8, 4) is 0 Å². The molecule has 1 aromatic heterocycles. The number of aromatic amines is 1. The average molecular weight is 362 g/mol. The first-order valence-electron chi connectivity index (χ1n) is 8.61. The maximum absolute atomic E-state index is 12.2. The van der Waals surface area contributed by atoms with Gasteiger partial charge in [0.2, 0.25) is 5.91 Å². The van der Waals surface area contributed by atoms with E-state index in [0.717, 1.165) is 18.4 Å². The molecule has 0 aliphatic carbocycles. The van der Waals surface area contributed by atoms with Gasteiger partial charge >= 0.3 is 5.69 Å². The molecule has 0 saturated carbocycles. The molecule has 1 aromatic carbocycles. The molecule has 6 nitrogen and oxygen atoms in total. The third-order valence-corrected chi connectivity index (χ3v) is 4.95. The molecule has 7 heteroatoms. The van der Waals surface area contributed by atoms with Crippen molar-refractivity contribution in [2.75, 3.05) is 6.54 Å². The van der Waals surface area contributed by atoms with E-state index < -0.39 is 0 Å². The largest absolute Gasteiger partial charge is 0.355 e. The summed E-state index contributed by atoms with van der Waals surface area (Å²) in [5, 5.41) is 9.72. The predicted molar refractivity (Wildman–Crippen MR) is 101 cm³/mol. The second kappa shape index (κ2) is 9.46. The third kappa shape index (κ3) is 6.08. The van der Waals surface area contributed by atoms with E-state index in [1.165, 1.54) is 11.8 Å². The van der Waals surface area contributed by atoms with E-state index in [2.05, 4.69) is 29.4 Å². The summed E-state index contributed by atoms with van der Waals surface area (Å²) in [6, 6.07) is 9.99. The van der Waals surface area contributed by atoms with Gasteiger partial charge in [-0.15, -0.1) is 5.10 Å². The first-order chi connectivity index (χ1) is 12.0. The number of thioether (sulfide) groups is 1. The first-order valence-corrected chi connectivity index (χ1v) is 9.49. The lowest BCUT2D eigenvalue weighted by atomic mass is 10.1. The summed E-state index contributed by atoms with van der Waals surface area (Å²) in [4.78, 5) is 24.2. The van der Waals surface area contributed by atoms with E-state index in [-0.39, 0.29) is 16.8 Å². The van der Waals surface area contributed by atoms with E-state index in [1.807, 2.05) is 37.3 Å². The zero-order chi connectivity index (χ0) is 18.2. The number of H-pyrrole nitrogens is 1. The van der Waals surface area contributed by atoms with E-state index in [0.29, 0.717) is 24.2 Å². The quantitative estimate of drug-likeness (QED) is 0.672. The van der Waals surface area contributed by atoms with Crippen molar-refractivity contribution < 1.29 is 4.79 Å². The topological polar surface area (TPSA) is 79.8 Å². The standard InChI is InChI=1S/C18H26N4O2S/c1-13(2)9-11-19-16(23)14(3)25-18-21-20-17(24)22(18)12-10-15-7-5-4-6-8-15/h4-8,13-14H,9-12H2,1-3H3,(H,19,23)(H,20,24). The number of carbonyl (C=O) groups is 1. The van der Waals surface area contributed by atoms with Crippen LogP contribution in [0.2, 0.25) is 0 Å². The van der Waals surface area contributed by atoms with Crippen molar-refractivity contribution in [1.82, 2.24) is 20.1 Å². The Hall–Kier alpha value is -2.02. The van der Waals surface area contributed by atoms with Crippen molar-refractivity contribution >= 4 is 17.7 Å². The number of aryl methyl sites for hydroxylation is 1. The molecule has 1 atom stereocenters. The Morgan fingerprint density at radius 1 is 1.28 bits per heavy atom. The molecular formula is C18H26N4O2S. The highest BCUT2D eigenvalue weighted by Crippen LogP contribution is 2.20. The first kappa shape index (κ1) is 19.3. The fourth-order valence-corrected chi connectivity index (χ4v) is 3.22. The number of amides is 1. The minimum absolute atomic E-state index is 0.0318. The predicted octanol–water partition coefficient (Wildman–Crippen LogP) is 2.46. The Labute approximate surface area is 152 Å². The van der Waals surface area contributed by atoms with E-state index in [4.69, 9.17) is 0 Å². The van der Waals surface area contributed by atoms with Gasteiger partial charge in [0, 0.05) is 13.1 Å². The van der Waals surface area contributed by atoms with Gasteiger partial charge in [0.15, 0.2) is 5.16 Å². The van der Waals surface area contributed by atoms with Crippen molar-refractivity contribution in [1.29, 1.82) is 0 Å². The van der Waals surface area contributed by atoms with Crippen LogP contribution in [0.1, 0.15) is 32.8 Å². The van der Waals surface area contributed by atoms with E-state index >= 15 is 0 Å². The zero-order valence-electron chi connectivity index (χ0n) is 15.0. The highest BCUT2D eigenvalue weighted by atomic mass is 32.2. The second-order valence-electron chi connectivity index (χ2n) is 6.43. The lowest BCUT2D eigenvalue weighted by Gasteiger charge is -2.13. The maximum Gasteiger partial charge on any atom is 0.343 e. The highest BCUT2D eigenvalue weighted by molar-refractivity contribution is 8.00. The highest BCUT2D eigenvalue weighted by Gasteiger charge is 2.18. The second-order valence-corrected chi connectivity index (χ2v) is 7.74. The average Bonchev–Trinajstić information content (AvgIpc) is 2.93. The van der Waals surface area contributed by atoms with Gasteiger partial charge < -0.3 is 5.32 Å². The van der Waals surface area contributed by atoms with Crippen LogP contribution in [0.15, 0.2) is 40.3 Å². The number of benzene rings is 1. The van der Waals surface area contributed by atoms with Crippen molar-refractivity contribution in [2.24, 2.45) is 5.92 Å². The molecule has 0 saturated heterocycles. The molecule has 25 heavy (non-hydrogen) atoms. The molecule has 1 amide bonds. The number of aromatic nitrogens is 3. The van der Waals surface area contributed by atoms with Gasteiger partial charge in [-0.3, -0.25) is 9.36 Å². The lowest BCUT2D eigenvalue weighted by Crippen LogP contribution is -2.32. The van der Waals surface area contributed by atoms with Crippen LogP contribution in [0.3, 0.4) is 0 Å². The Kier molecular flexibility index (Phi) is 7.31. The fraction of sp³-hybridized carbons (Fsp3) is 0.500. The monoisotopic (exact) mass is 362 g/mol. The van der Waals surface area contributed by atoms with Crippen LogP contribution in [-0.2, 0) is 17.8 Å². The van der Waals surface area contributed by atoms with Crippen LogP contribution >= 0.6 is 11.8 Å². The van der Waals surface area contributed by atoms with Crippen LogP contribution in [0.5, 0.6) is 0 Å². The van der Waals surface area contributed by atoms with Gasteiger partial charge in [-0.1, -0.05) is 55.9 Å². The summed E-state index contributed by atoms with van der Waals surface area (Å²) >= 11 is 1.30. The minimum atomic E-state index is -0.308. The Balaban J connectivity index is 1.93. The van der Waals surface area contributed by atoms with Crippen molar-refractivity contribution in [3.63, 3.8) is 0 Å². The molecule has 0 fully saturated rings. The summed E-state index contributed by atoms with van der Waals surface area (Å²) in [6.45, 7) is 7.28. The molecule has 0 spiro atoms. The molecule has 136 valence electrons. The number of hydrogen-bond donors (Lipinski definition) is 2. The van der Waals surface area contributed by atoms with Crippen LogP contribution in [0.4, 0.5) is 0 Å². The van der Waals surface area contributed by atoms with Crippen LogP contribution < -0.4 is 11.0 Å². The number of nitrogens with one attached hydrogen (secondary N) is 2. The molecule has 0 aliphatic rings. The zero-order valence-corrected chi connectivity index (χ0v) is 15.8. The summed E-state index contributed by atoms with van der Waals surface area (Å²) < 4.78 is 1.59. The summed E-state index contributed by atoms with van der Waals surface area (Å²) in [5.41, 5.74) is 0.914. The van der Waals surface area contributed by atoms with Crippen molar-refractivity contribution in [3.05, 3.63) is 46.4 Å². The number of hydrogen-bond acceptors (Lipinski definition) is 4. The molecular weight excluding hydrogens is 336 g/mol. The fourth-order valence-electron chi connectivity index (χ4n) is 2.32. The molecule has 0 radical (unpaired) electrons. The van der Waals surface area contributed by atoms with Gasteiger partial charge in [0.05, 0.1) is 5.25 Å². The summed E-state index contributed by atoms with van der Waals surface area (Å²) in [6.07, 6.45) is 1.69. The van der Waals surface area contributed by atoms with Crippen LogP contribution in [-0.4, -0.2) is 32.5 Å². The summed E-state index contributed by atoms with van der Waals surface area (Å²) in [5.74, 6) is 0.522. The molecule has 0 aliphatic heterocycles. The lowest BCUT2D eigenvalue weighted by molar-refractivity contribution is -0.120. The normalized spacial score (nSPS) is 12.3. The summed E-state index contributed by atoms with van der Waals surface area (Å²) in [7, 11) is 0. The number of nitrogens with zero attached hydrogens (tertiary/aromatic N) is 2. The Morgan fingerprint density at radius 2 is 2.00 bits per heavy atom. The SMILES string of the molecule is CC(C)CCNC(=O)C(C)Sc1n[nH]c(=O)n1CCc1ccccc1. The molecule has 1 heterocycles.